The fourth-order valence-corrected chi connectivity index (χ4v) is 3.64. The summed E-state index contributed by atoms with van der Waals surface area (Å²) in [7, 11) is 4.26. The van der Waals surface area contributed by atoms with Gasteiger partial charge in [0.1, 0.15) is 0 Å². The minimum atomic E-state index is 0.197. The van der Waals surface area contributed by atoms with Crippen molar-refractivity contribution < 1.29 is 0 Å². The lowest BCUT2D eigenvalue weighted by molar-refractivity contribution is 0.111. The minimum Gasteiger partial charge on any atom is -0.326 e. The molecule has 0 spiro atoms. The van der Waals surface area contributed by atoms with Gasteiger partial charge in [-0.05, 0) is 45.4 Å². The van der Waals surface area contributed by atoms with Gasteiger partial charge in [-0.1, -0.05) is 19.9 Å². The van der Waals surface area contributed by atoms with Crippen molar-refractivity contribution in [2.24, 2.45) is 5.73 Å². The molecule has 1 rings (SSSR count). The van der Waals surface area contributed by atoms with Crippen LogP contribution in [0.2, 0.25) is 0 Å². The highest BCUT2D eigenvalue weighted by molar-refractivity contribution is 7.10. The Morgan fingerprint density at radius 1 is 1.32 bits per heavy atom. The van der Waals surface area contributed by atoms with E-state index in [9.17, 15) is 0 Å². The Kier molecular flexibility index (Phi) is 7.00. The SMILES string of the molecule is CCC(N)C(c1cccs1)N(CC)C(C)CN(C)C. The van der Waals surface area contributed by atoms with Crippen LogP contribution >= 0.6 is 11.3 Å². The van der Waals surface area contributed by atoms with E-state index in [0.29, 0.717) is 12.1 Å². The van der Waals surface area contributed by atoms with Gasteiger partial charge in [-0.3, -0.25) is 4.90 Å². The summed E-state index contributed by atoms with van der Waals surface area (Å²) in [6, 6.07) is 5.38. The molecule has 0 aliphatic carbocycles. The van der Waals surface area contributed by atoms with Gasteiger partial charge in [0.15, 0.2) is 0 Å². The Hall–Kier alpha value is -0.420. The number of nitrogens with zero attached hydrogens (tertiary/aromatic N) is 2. The zero-order valence-electron chi connectivity index (χ0n) is 13.0. The van der Waals surface area contributed by atoms with E-state index in [4.69, 9.17) is 5.73 Å². The fourth-order valence-electron chi connectivity index (χ4n) is 2.72. The largest absolute Gasteiger partial charge is 0.326 e. The summed E-state index contributed by atoms with van der Waals surface area (Å²) in [4.78, 5) is 6.18. The third-order valence-corrected chi connectivity index (χ3v) is 4.57. The Bertz CT molecular complexity index is 337. The van der Waals surface area contributed by atoms with Gasteiger partial charge < -0.3 is 10.6 Å². The molecule has 3 atom stereocenters. The Labute approximate surface area is 122 Å². The molecule has 1 aromatic rings. The molecular weight excluding hydrogens is 254 g/mol. The highest BCUT2D eigenvalue weighted by atomic mass is 32.1. The molecule has 19 heavy (non-hydrogen) atoms. The van der Waals surface area contributed by atoms with Crippen LogP contribution in [0.5, 0.6) is 0 Å². The number of hydrogen-bond acceptors (Lipinski definition) is 4. The van der Waals surface area contributed by atoms with Crippen LogP contribution in [0.25, 0.3) is 0 Å². The number of likely N-dealkylation sites (N-methyl/N-ethyl adjacent to an activating group) is 2. The summed E-state index contributed by atoms with van der Waals surface area (Å²) < 4.78 is 0. The summed E-state index contributed by atoms with van der Waals surface area (Å²) in [6.45, 7) is 8.80. The van der Waals surface area contributed by atoms with Crippen LogP contribution in [0.4, 0.5) is 0 Å². The summed E-state index contributed by atoms with van der Waals surface area (Å²) in [5.74, 6) is 0. The maximum atomic E-state index is 6.40. The zero-order chi connectivity index (χ0) is 14.4. The molecule has 3 unspecified atom stereocenters. The lowest BCUT2D eigenvalue weighted by atomic mass is 10.0. The number of hydrogen-bond donors (Lipinski definition) is 1. The second kappa shape index (κ2) is 8.00. The van der Waals surface area contributed by atoms with E-state index >= 15 is 0 Å². The molecule has 3 nitrogen and oxygen atoms in total. The molecule has 0 saturated carbocycles. The number of rotatable bonds is 8. The van der Waals surface area contributed by atoms with Crippen molar-refractivity contribution in [1.29, 1.82) is 0 Å². The van der Waals surface area contributed by atoms with Crippen LogP contribution in [-0.4, -0.2) is 49.1 Å². The Morgan fingerprint density at radius 2 is 2.00 bits per heavy atom. The standard InChI is InChI=1S/C15H29N3S/c1-6-13(16)15(14-9-8-10-19-14)18(7-2)12(3)11-17(4)5/h8-10,12-13,15H,6-7,11,16H2,1-5H3. The molecule has 4 heteroatoms. The van der Waals surface area contributed by atoms with Gasteiger partial charge >= 0.3 is 0 Å². The highest BCUT2D eigenvalue weighted by Crippen LogP contribution is 2.30. The van der Waals surface area contributed by atoms with Crippen molar-refractivity contribution in [1.82, 2.24) is 9.80 Å². The lowest BCUT2D eigenvalue weighted by Gasteiger charge is -2.39. The van der Waals surface area contributed by atoms with Crippen molar-refractivity contribution in [3.8, 4) is 0 Å². The normalized spacial score (nSPS) is 16.8. The van der Waals surface area contributed by atoms with E-state index in [1.807, 2.05) is 11.3 Å². The van der Waals surface area contributed by atoms with E-state index in [2.05, 4.69) is 62.2 Å². The first-order valence-corrected chi connectivity index (χ1v) is 8.08. The average molecular weight is 283 g/mol. The van der Waals surface area contributed by atoms with E-state index in [1.54, 1.807) is 0 Å². The van der Waals surface area contributed by atoms with Gasteiger partial charge in [0.2, 0.25) is 0 Å². The first-order valence-electron chi connectivity index (χ1n) is 7.20. The third-order valence-electron chi connectivity index (χ3n) is 3.63. The topological polar surface area (TPSA) is 32.5 Å². The molecule has 0 radical (unpaired) electrons. The summed E-state index contributed by atoms with van der Waals surface area (Å²) in [5.41, 5.74) is 6.40. The summed E-state index contributed by atoms with van der Waals surface area (Å²) >= 11 is 1.82. The average Bonchev–Trinajstić information content (AvgIpc) is 2.87. The predicted octanol–water partition coefficient (Wildman–Crippen LogP) is 2.80. The van der Waals surface area contributed by atoms with Gasteiger partial charge in [0.05, 0.1) is 6.04 Å². The first-order chi connectivity index (χ1) is 9.01. The monoisotopic (exact) mass is 283 g/mol. The Morgan fingerprint density at radius 3 is 2.42 bits per heavy atom. The number of nitrogens with two attached hydrogens (primary N) is 1. The second-order valence-electron chi connectivity index (χ2n) is 5.47. The maximum Gasteiger partial charge on any atom is 0.0596 e. The zero-order valence-corrected chi connectivity index (χ0v) is 13.8. The molecule has 0 saturated heterocycles. The molecular formula is C15H29N3S. The molecule has 1 heterocycles. The summed E-state index contributed by atoms with van der Waals surface area (Å²) in [6.07, 6.45) is 1.01. The van der Waals surface area contributed by atoms with Crippen LogP contribution in [0.1, 0.15) is 38.1 Å². The Balaban J connectivity index is 2.93. The van der Waals surface area contributed by atoms with E-state index in [1.165, 1.54) is 4.88 Å². The molecule has 110 valence electrons. The van der Waals surface area contributed by atoms with Crippen LogP contribution in [0.15, 0.2) is 17.5 Å². The molecule has 0 aliphatic rings. The highest BCUT2D eigenvalue weighted by Gasteiger charge is 2.29. The van der Waals surface area contributed by atoms with Crippen molar-refractivity contribution >= 4 is 11.3 Å². The quantitative estimate of drug-likeness (QED) is 0.796. The van der Waals surface area contributed by atoms with Gasteiger partial charge in [0, 0.05) is 23.5 Å². The lowest BCUT2D eigenvalue weighted by Crippen LogP contribution is -2.47. The van der Waals surface area contributed by atoms with Gasteiger partial charge in [-0.15, -0.1) is 11.3 Å². The number of thiophene rings is 1. The van der Waals surface area contributed by atoms with Crippen LogP contribution in [0, 0.1) is 0 Å². The first kappa shape index (κ1) is 16.6. The summed E-state index contributed by atoms with van der Waals surface area (Å²) in [5, 5.41) is 2.15. The molecule has 0 amide bonds. The molecule has 2 N–H and O–H groups in total. The van der Waals surface area contributed by atoms with Gasteiger partial charge in [-0.2, -0.15) is 0 Å². The van der Waals surface area contributed by atoms with Crippen molar-refractivity contribution in [2.45, 2.75) is 45.3 Å². The third kappa shape index (κ3) is 4.56. The van der Waals surface area contributed by atoms with E-state index < -0.39 is 0 Å². The maximum absolute atomic E-state index is 6.40. The van der Waals surface area contributed by atoms with Crippen molar-refractivity contribution in [2.75, 3.05) is 27.2 Å². The van der Waals surface area contributed by atoms with Crippen LogP contribution < -0.4 is 5.73 Å². The van der Waals surface area contributed by atoms with Crippen LogP contribution in [-0.2, 0) is 0 Å². The molecule has 1 aromatic heterocycles. The minimum absolute atomic E-state index is 0.197. The smallest absolute Gasteiger partial charge is 0.0596 e. The van der Waals surface area contributed by atoms with Crippen LogP contribution in [0.3, 0.4) is 0 Å². The molecule has 0 fully saturated rings. The predicted molar refractivity (Wildman–Crippen MR) is 85.7 cm³/mol. The molecule has 0 aliphatic heterocycles. The van der Waals surface area contributed by atoms with E-state index in [-0.39, 0.29) is 6.04 Å². The van der Waals surface area contributed by atoms with E-state index in [0.717, 1.165) is 19.5 Å². The molecule has 0 aromatic carbocycles. The fraction of sp³-hybridized carbons (Fsp3) is 0.733. The van der Waals surface area contributed by atoms with Crippen molar-refractivity contribution in [3.05, 3.63) is 22.4 Å². The van der Waals surface area contributed by atoms with Gasteiger partial charge in [0.25, 0.3) is 0 Å². The second-order valence-corrected chi connectivity index (χ2v) is 6.45. The van der Waals surface area contributed by atoms with Gasteiger partial charge in [-0.25, -0.2) is 0 Å². The molecule has 0 bridgehead atoms. The van der Waals surface area contributed by atoms with Crippen molar-refractivity contribution in [3.63, 3.8) is 0 Å².